The molecule has 1 aromatic carbocycles. The Balaban J connectivity index is 2.16. The van der Waals surface area contributed by atoms with Crippen molar-refractivity contribution >= 4 is 9.84 Å². The van der Waals surface area contributed by atoms with Crippen molar-refractivity contribution in [2.24, 2.45) is 0 Å². The van der Waals surface area contributed by atoms with Crippen LogP contribution in [0, 0.1) is 6.92 Å². The van der Waals surface area contributed by atoms with Crippen LogP contribution in [-0.4, -0.2) is 23.3 Å². The van der Waals surface area contributed by atoms with Crippen LogP contribution in [0.3, 0.4) is 0 Å². The van der Waals surface area contributed by atoms with Gasteiger partial charge in [0.1, 0.15) is 5.75 Å². The number of fused-ring (bicyclic) bond motifs is 1. The molecule has 2 heterocycles. The van der Waals surface area contributed by atoms with Crippen molar-refractivity contribution in [2.45, 2.75) is 18.4 Å². The van der Waals surface area contributed by atoms with E-state index in [1.54, 1.807) is 28.9 Å². The van der Waals surface area contributed by atoms with E-state index in [9.17, 15) is 13.5 Å². The molecule has 6 heteroatoms. The molecule has 1 N–H and O–H groups in total. The van der Waals surface area contributed by atoms with Gasteiger partial charge in [-0.2, -0.15) is 5.10 Å². The van der Waals surface area contributed by atoms with Crippen LogP contribution in [0.1, 0.15) is 17.0 Å². The van der Waals surface area contributed by atoms with E-state index in [0.717, 1.165) is 22.6 Å². The summed E-state index contributed by atoms with van der Waals surface area (Å²) in [6, 6.07) is 6.55. The minimum Gasteiger partial charge on any atom is -0.508 e. The molecule has 1 aliphatic rings. The Labute approximate surface area is 105 Å². The molecule has 0 radical (unpaired) electrons. The predicted molar refractivity (Wildman–Crippen MR) is 66.3 cm³/mol. The second kappa shape index (κ2) is 3.58. The minimum absolute atomic E-state index is 0.0318. The molecule has 94 valence electrons. The number of benzene rings is 1. The Morgan fingerprint density at radius 1 is 1.22 bits per heavy atom. The summed E-state index contributed by atoms with van der Waals surface area (Å²) in [5, 5.41) is 13.6. The molecule has 0 fully saturated rings. The standard InChI is InChI=1S/C12H12N2O3S/c1-8-11-6-18(16,17)7-12(11)14(13-8)9-2-4-10(15)5-3-9/h2-5,15H,6-7H2,1H3. The van der Waals surface area contributed by atoms with Crippen LogP contribution in [0.5, 0.6) is 5.75 Å². The molecule has 0 aliphatic carbocycles. The number of sulfone groups is 1. The third-order valence-corrected chi connectivity index (χ3v) is 4.55. The maximum atomic E-state index is 11.7. The van der Waals surface area contributed by atoms with Crippen LogP contribution in [-0.2, 0) is 21.3 Å². The van der Waals surface area contributed by atoms with Gasteiger partial charge in [0.15, 0.2) is 9.84 Å². The summed E-state index contributed by atoms with van der Waals surface area (Å²) in [4.78, 5) is 0. The van der Waals surface area contributed by atoms with E-state index in [1.807, 2.05) is 6.92 Å². The number of aromatic hydroxyl groups is 1. The molecular formula is C12H12N2O3S. The number of hydrogen-bond acceptors (Lipinski definition) is 4. The number of aryl methyl sites for hydroxylation is 1. The first-order valence-electron chi connectivity index (χ1n) is 5.53. The van der Waals surface area contributed by atoms with Crippen molar-refractivity contribution < 1.29 is 13.5 Å². The van der Waals surface area contributed by atoms with E-state index in [2.05, 4.69) is 5.10 Å². The number of phenols is 1. The van der Waals surface area contributed by atoms with Crippen LogP contribution in [0.2, 0.25) is 0 Å². The molecule has 1 aliphatic heterocycles. The monoisotopic (exact) mass is 264 g/mol. The molecule has 0 bridgehead atoms. The second-order valence-corrected chi connectivity index (χ2v) is 6.54. The van der Waals surface area contributed by atoms with Crippen molar-refractivity contribution in [3.63, 3.8) is 0 Å². The first-order valence-corrected chi connectivity index (χ1v) is 7.35. The number of nitrogens with zero attached hydrogens (tertiary/aromatic N) is 2. The van der Waals surface area contributed by atoms with Crippen molar-refractivity contribution in [1.29, 1.82) is 0 Å². The summed E-state index contributed by atoms with van der Waals surface area (Å²) in [5.41, 5.74) is 3.05. The summed E-state index contributed by atoms with van der Waals surface area (Å²) in [6.07, 6.45) is 0. The van der Waals surface area contributed by atoms with Crippen molar-refractivity contribution in [2.75, 3.05) is 0 Å². The third-order valence-electron chi connectivity index (χ3n) is 3.11. The van der Waals surface area contributed by atoms with Crippen LogP contribution in [0.4, 0.5) is 0 Å². The lowest BCUT2D eigenvalue weighted by Gasteiger charge is -2.05. The van der Waals surface area contributed by atoms with Crippen LogP contribution < -0.4 is 0 Å². The molecule has 3 rings (SSSR count). The molecule has 0 unspecified atom stereocenters. The summed E-state index contributed by atoms with van der Waals surface area (Å²) in [5.74, 6) is 0.280. The Morgan fingerprint density at radius 3 is 2.56 bits per heavy atom. The van der Waals surface area contributed by atoms with E-state index >= 15 is 0 Å². The Hall–Kier alpha value is -1.82. The smallest absolute Gasteiger partial charge is 0.160 e. The predicted octanol–water partition coefficient (Wildman–Crippen LogP) is 1.31. The van der Waals surface area contributed by atoms with Gasteiger partial charge in [0.05, 0.1) is 28.6 Å². The van der Waals surface area contributed by atoms with Crippen LogP contribution in [0.15, 0.2) is 24.3 Å². The topological polar surface area (TPSA) is 72.2 Å². The maximum Gasteiger partial charge on any atom is 0.160 e. The molecule has 0 saturated heterocycles. The number of phenolic OH excluding ortho intramolecular Hbond substituents is 1. The Kier molecular flexibility index (Phi) is 2.25. The van der Waals surface area contributed by atoms with Gasteiger partial charge in [-0.15, -0.1) is 0 Å². The van der Waals surface area contributed by atoms with Crippen LogP contribution >= 0.6 is 0 Å². The summed E-state index contributed by atoms with van der Waals surface area (Å²) in [6.45, 7) is 1.82. The van der Waals surface area contributed by atoms with Gasteiger partial charge < -0.3 is 5.11 Å². The molecule has 0 amide bonds. The average molecular weight is 264 g/mol. The fraction of sp³-hybridized carbons (Fsp3) is 0.250. The molecule has 1 aromatic heterocycles. The SMILES string of the molecule is Cc1nn(-c2ccc(O)cc2)c2c1CS(=O)(=O)C2. The molecule has 0 saturated carbocycles. The van der Waals surface area contributed by atoms with E-state index in [0.29, 0.717) is 0 Å². The zero-order valence-corrected chi connectivity index (χ0v) is 10.6. The highest BCUT2D eigenvalue weighted by Crippen LogP contribution is 2.29. The number of aromatic nitrogens is 2. The first-order chi connectivity index (χ1) is 8.46. The summed E-state index contributed by atoms with van der Waals surface area (Å²) >= 11 is 0. The quantitative estimate of drug-likeness (QED) is 0.843. The zero-order valence-electron chi connectivity index (χ0n) is 9.79. The average Bonchev–Trinajstić information content (AvgIpc) is 2.76. The summed E-state index contributed by atoms with van der Waals surface area (Å²) in [7, 11) is -3.03. The highest BCUT2D eigenvalue weighted by atomic mass is 32.2. The van der Waals surface area contributed by atoms with Gasteiger partial charge in [-0.05, 0) is 31.2 Å². The van der Waals surface area contributed by atoms with E-state index in [4.69, 9.17) is 0 Å². The van der Waals surface area contributed by atoms with Gasteiger partial charge >= 0.3 is 0 Å². The van der Waals surface area contributed by atoms with E-state index in [1.165, 1.54) is 0 Å². The Bertz CT molecular complexity index is 715. The highest BCUT2D eigenvalue weighted by molar-refractivity contribution is 7.90. The lowest BCUT2D eigenvalue weighted by Crippen LogP contribution is -2.05. The third kappa shape index (κ3) is 1.69. The molecule has 0 spiro atoms. The van der Waals surface area contributed by atoms with Crippen molar-refractivity contribution in [3.05, 3.63) is 41.2 Å². The zero-order chi connectivity index (χ0) is 12.9. The molecule has 18 heavy (non-hydrogen) atoms. The van der Waals surface area contributed by atoms with Gasteiger partial charge in [-0.25, -0.2) is 13.1 Å². The lowest BCUT2D eigenvalue weighted by molar-refractivity contribution is 0.475. The second-order valence-electron chi connectivity index (χ2n) is 4.47. The molecule has 5 nitrogen and oxygen atoms in total. The van der Waals surface area contributed by atoms with Gasteiger partial charge in [0.2, 0.25) is 0 Å². The summed E-state index contributed by atoms with van der Waals surface area (Å²) < 4.78 is 25.0. The van der Waals surface area contributed by atoms with Gasteiger partial charge in [-0.3, -0.25) is 0 Å². The fourth-order valence-corrected chi connectivity index (χ4v) is 3.86. The first kappa shape index (κ1) is 11.3. The normalized spacial score (nSPS) is 16.7. The minimum atomic E-state index is -3.03. The molecule has 0 atom stereocenters. The highest BCUT2D eigenvalue weighted by Gasteiger charge is 2.31. The maximum absolute atomic E-state index is 11.7. The number of rotatable bonds is 1. The number of hydrogen-bond donors (Lipinski definition) is 1. The molecular weight excluding hydrogens is 252 g/mol. The van der Waals surface area contributed by atoms with Gasteiger partial charge in [0.25, 0.3) is 0 Å². The van der Waals surface area contributed by atoms with E-state index < -0.39 is 9.84 Å². The lowest BCUT2D eigenvalue weighted by atomic mass is 10.2. The fourth-order valence-electron chi connectivity index (χ4n) is 2.23. The molecule has 2 aromatic rings. The van der Waals surface area contributed by atoms with Crippen molar-refractivity contribution in [3.8, 4) is 11.4 Å². The van der Waals surface area contributed by atoms with Crippen LogP contribution in [0.25, 0.3) is 5.69 Å². The Morgan fingerprint density at radius 2 is 1.89 bits per heavy atom. The van der Waals surface area contributed by atoms with Crippen molar-refractivity contribution in [1.82, 2.24) is 9.78 Å². The largest absolute Gasteiger partial charge is 0.508 e. The van der Waals surface area contributed by atoms with E-state index in [-0.39, 0.29) is 17.3 Å². The van der Waals surface area contributed by atoms with Gasteiger partial charge in [0, 0.05) is 5.56 Å². The van der Waals surface area contributed by atoms with Gasteiger partial charge in [-0.1, -0.05) is 0 Å².